The van der Waals surface area contributed by atoms with Crippen LogP contribution in [0.4, 0.5) is 0 Å². The van der Waals surface area contributed by atoms with E-state index in [-0.39, 0.29) is 5.91 Å². The van der Waals surface area contributed by atoms with Crippen LogP contribution in [0.3, 0.4) is 0 Å². The zero-order valence-electron chi connectivity index (χ0n) is 13.1. The molecule has 0 bridgehead atoms. The Morgan fingerprint density at radius 3 is 2.81 bits per heavy atom. The van der Waals surface area contributed by atoms with Gasteiger partial charge in [-0.2, -0.15) is 0 Å². The molecule has 21 heavy (non-hydrogen) atoms. The third-order valence-corrected chi connectivity index (χ3v) is 4.07. The Labute approximate surface area is 127 Å². The van der Waals surface area contributed by atoms with Gasteiger partial charge in [0.15, 0.2) is 0 Å². The van der Waals surface area contributed by atoms with E-state index in [0.29, 0.717) is 0 Å². The number of carbonyl (C=O) groups is 1. The van der Waals surface area contributed by atoms with Crippen molar-refractivity contribution in [2.45, 2.75) is 26.2 Å². The van der Waals surface area contributed by atoms with Crippen molar-refractivity contribution in [2.75, 3.05) is 39.3 Å². The van der Waals surface area contributed by atoms with E-state index in [9.17, 15) is 4.79 Å². The molecule has 4 heteroatoms. The van der Waals surface area contributed by atoms with Gasteiger partial charge in [-0.15, -0.1) is 0 Å². The van der Waals surface area contributed by atoms with Gasteiger partial charge in [0.25, 0.3) is 5.91 Å². The molecule has 0 unspecified atom stereocenters. The van der Waals surface area contributed by atoms with Crippen LogP contribution < -0.4 is 5.73 Å². The Balaban J connectivity index is 1.89. The fraction of sp³-hybridized carbons (Fsp3) is 0.588. The van der Waals surface area contributed by atoms with Crippen molar-refractivity contribution in [1.82, 2.24) is 9.80 Å². The molecule has 2 N–H and O–H groups in total. The molecule has 1 aromatic carbocycles. The van der Waals surface area contributed by atoms with Crippen LogP contribution in [-0.2, 0) is 0 Å². The number of aryl methyl sites for hydroxylation is 1. The molecule has 1 aliphatic rings. The molecule has 0 aromatic heterocycles. The summed E-state index contributed by atoms with van der Waals surface area (Å²) in [7, 11) is 0. The lowest BCUT2D eigenvalue weighted by atomic mass is 10.1. The molecule has 0 atom stereocenters. The molecule has 0 radical (unpaired) electrons. The first-order chi connectivity index (χ1) is 10.2. The lowest BCUT2D eigenvalue weighted by molar-refractivity contribution is 0.0761. The van der Waals surface area contributed by atoms with E-state index >= 15 is 0 Å². The van der Waals surface area contributed by atoms with Crippen molar-refractivity contribution in [1.29, 1.82) is 0 Å². The third-order valence-electron chi connectivity index (χ3n) is 4.07. The Morgan fingerprint density at radius 2 is 2.05 bits per heavy atom. The first-order valence-corrected chi connectivity index (χ1v) is 7.99. The average Bonchev–Trinajstić information content (AvgIpc) is 2.72. The van der Waals surface area contributed by atoms with Crippen molar-refractivity contribution in [3.63, 3.8) is 0 Å². The number of nitrogens with zero attached hydrogens (tertiary/aromatic N) is 2. The molecule has 0 saturated carbocycles. The second-order valence-corrected chi connectivity index (χ2v) is 5.85. The van der Waals surface area contributed by atoms with Gasteiger partial charge in [0.05, 0.1) is 0 Å². The van der Waals surface area contributed by atoms with Crippen LogP contribution in [0.15, 0.2) is 24.3 Å². The minimum atomic E-state index is 0.169. The predicted octanol–water partition coefficient (Wildman–Crippen LogP) is 1.88. The Kier molecular flexibility index (Phi) is 6.21. The summed E-state index contributed by atoms with van der Waals surface area (Å²) in [6, 6.07) is 7.88. The van der Waals surface area contributed by atoms with Crippen LogP contribution in [-0.4, -0.2) is 55.0 Å². The summed E-state index contributed by atoms with van der Waals surface area (Å²) in [5.74, 6) is 0.169. The van der Waals surface area contributed by atoms with Gasteiger partial charge in [-0.1, -0.05) is 17.7 Å². The summed E-state index contributed by atoms with van der Waals surface area (Å²) in [6.07, 6.45) is 3.30. The number of benzene rings is 1. The summed E-state index contributed by atoms with van der Waals surface area (Å²) in [4.78, 5) is 17.0. The number of nitrogens with two attached hydrogens (primary N) is 1. The largest absolute Gasteiger partial charge is 0.337 e. The van der Waals surface area contributed by atoms with Gasteiger partial charge in [-0.05, 0) is 58.0 Å². The standard InChI is InChI=1S/C17H27N3O/c1-15-6-4-7-16(14-15)17(21)20-11-5-10-19(12-13-20)9-3-2-8-18/h4,6-7,14H,2-3,5,8-13,18H2,1H3. The molecule has 4 nitrogen and oxygen atoms in total. The van der Waals surface area contributed by atoms with Crippen LogP contribution in [0.25, 0.3) is 0 Å². The molecule has 1 amide bonds. The van der Waals surface area contributed by atoms with E-state index in [1.54, 1.807) is 0 Å². The van der Waals surface area contributed by atoms with Crippen molar-refractivity contribution in [3.8, 4) is 0 Å². The molecule has 1 aliphatic heterocycles. The minimum Gasteiger partial charge on any atom is -0.337 e. The lowest BCUT2D eigenvalue weighted by Gasteiger charge is -2.22. The van der Waals surface area contributed by atoms with E-state index in [0.717, 1.165) is 69.7 Å². The highest BCUT2D eigenvalue weighted by Gasteiger charge is 2.19. The lowest BCUT2D eigenvalue weighted by Crippen LogP contribution is -2.35. The van der Waals surface area contributed by atoms with E-state index in [1.165, 1.54) is 0 Å². The Hall–Kier alpha value is -1.39. The average molecular weight is 289 g/mol. The van der Waals surface area contributed by atoms with Crippen molar-refractivity contribution in [3.05, 3.63) is 35.4 Å². The fourth-order valence-electron chi connectivity index (χ4n) is 2.84. The molecule has 1 heterocycles. The summed E-state index contributed by atoms with van der Waals surface area (Å²) < 4.78 is 0. The monoisotopic (exact) mass is 289 g/mol. The molecule has 1 aromatic rings. The normalized spacial score (nSPS) is 16.8. The number of unbranched alkanes of at least 4 members (excludes halogenated alkanes) is 1. The third kappa shape index (κ3) is 4.83. The van der Waals surface area contributed by atoms with Crippen molar-refractivity contribution >= 4 is 5.91 Å². The smallest absolute Gasteiger partial charge is 0.253 e. The molecule has 1 fully saturated rings. The molecule has 116 valence electrons. The second kappa shape index (κ2) is 8.15. The predicted molar refractivity (Wildman–Crippen MR) is 86.4 cm³/mol. The van der Waals surface area contributed by atoms with Gasteiger partial charge in [0, 0.05) is 25.2 Å². The zero-order valence-corrected chi connectivity index (χ0v) is 13.1. The highest BCUT2D eigenvalue weighted by atomic mass is 16.2. The molecular formula is C17H27N3O. The summed E-state index contributed by atoms with van der Waals surface area (Å²) in [6.45, 7) is 7.65. The fourth-order valence-corrected chi connectivity index (χ4v) is 2.84. The molecule has 1 saturated heterocycles. The first-order valence-electron chi connectivity index (χ1n) is 7.99. The van der Waals surface area contributed by atoms with Gasteiger partial charge < -0.3 is 15.5 Å². The summed E-state index contributed by atoms with van der Waals surface area (Å²) in [5, 5.41) is 0. The number of rotatable bonds is 5. The number of carbonyl (C=O) groups excluding carboxylic acids is 1. The van der Waals surface area contributed by atoms with Crippen LogP contribution in [0.5, 0.6) is 0 Å². The van der Waals surface area contributed by atoms with Crippen molar-refractivity contribution < 1.29 is 4.79 Å². The quantitative estimate of drug-likeness (QED) is 0.842. The summed E-state index contributed by atoms with van der Waals surface area (Å²) in [5.41, 5.74) is 7.49. The minimum absolute atomic E-state index is 0.169. The maximum Gasteiger partial charge on any atom is 0.253 e. The Bertz CT molecular complexity index is 461. The van der Waals surface area contributed by atoms with Crippen molar-refractivity contribution in [2.24, 2.45) is 5.73 Å². The van der Waals surface area contributed by atoms with Gasteiger partial charge in [0.1, 0.15) is 0 Å². The number of hydrogen-bond donors (Lipinski definition) is 1. The Morgan fingerprint density at radius 1 is 1.19 bits per heavy atom. The molecule has 0 aliphatic carbocycles. The van der Waals surface area contributed by atoms with E-state index in [2.05, 4.69) is 4.90 Å². The number of amides is 1. The van der Waals surface area contributed by atoms with Crippen LogP contribution in [0.1, 0.15) is 35.2 Å². The maximum atomic E-state index is 12.6. The SMILES string of the molecule is Cc1cccc(C(=O)N2CCCN(CCCCN)CC2)c1. The van der Waals surface area contributed by atoms with E-state index < -0.39 is 0 Å². The maximum absolute atomic E-state index is 12.6. The van der Waals surface area contributed by atoms with E-state index in [1.807, 2.05) is 36.1 Å². The number of hydrogen-bond acceptors (Lipinski definition) is 3. The zero-order chi connectivity index (χ0) is 15.1. The van der Waals surface area contributed by atoms with Gasteiger partial charge in [0.2, 0.25) is 0 Å². The van der Waals surface area contributed by atoms with Gasteiger partial charge in [-0.25, -0.2) is 0 Å². The van der Waals surface area contributed by atoms with Crippen LogP contribution >= 0.6 is 0 Å². The van der Waals surface area contributed by atoms with Crippen LogP contribution in [0.2, 0.25) is 0 Å². The molecular weight excluding hydrogens is 262 g/mol. The summed E-state index contributed by atoms with van der Waals surface area (Å²) >= 11 is 0. The highest BCUT2D eigenvalue weighted by Crippen LogP contribution is 2.11. The van der Waals surface area contributed by atoms with Gasteiger partial charge >= 0.3 is 0 Å². The van der Waals surface area contributed by atoms with Crippen LogP contribution in [0, 0.1) is 6.92 Å². The second-order valence-electron chi connectivity index (χ2n) is 5.85. The topological polar surface area (TPSA) is 49.6 Å². The highest BCUT2D eigenvalue weighted by molar-refractivity contribution is 5.94. The molecule has 2 rings (SSSR count). The molecule has 0 spiro atoms. The van der Waals surface area contributed by atoms with E-state index in [4.69, 9.17) is 5.73 Å². The van der Waals surface area contributed by atoms with Gasteiger partial charge in [-0.3, -0.25) is 4.79 Å². The first kappa shape index (κ1) is 16.0.